The quantitative estimate of drug-likeness (QED) is 0.816. The van der Waals surface area contributed by atoms with Gasteiger partial charge in [-0.1, -0.05) is 13.8 Å². The second-order valence-electron chi connectivity index (χ2n) is 5.36. The maximum Gasteiger partial charge on any atom is 0.237 e. The summed E-state index contributed by atoms with van der Waals surface area (Å²) in [4.78, 5) is 15.0. The molecule has 4 nitrogen and oxygen atoms in total. The van der Waals surface area contributed by atoms with Crippen molar-refractivity contribution in [2.24, 2.45) is 11.1 Å². The summed E-state index contributed by atoms with van der Waals surface area (Å²) in [6, 6.07) is 5.71. The van der Waals surface area contributed by atoms with Gasteiger partial charge in [-0.05, 0) is 30.2 Å². The summed E-state index contributed by atoms with van der Waals surface area (Å²) >= 11 is 1.56. The van der Waals surface area contributed by atoms with Crippen LogP contribution in [0.2, 0.25) is 0 Å². The van der Waals surface area contributed by atoms with Gasteiger partial charge in [-0.2, -0.15) is 0 Å². The van der Waals surface area contributed by atoms with Crippen molar-refractivity contribution in [3.8, 4) is 0 Å². The minimum Gasteiger partial charge on any atom is -0.399 e. The van der Waals surface area contributed by atoms with E-state index < -0.39 is 0 Å². The van der Waals surface area contributed by atoms with Crippen LogP contribution >= 0.6 is 11.8 Å². The van der Waals surface area contributed by atoms with Gasteiger partial charge in [0.05, 0.1) is 11.4 Å². The fourth-order valence-electron chi connectivity index (χ4n) is 1.89. The van der Waals surface area contributed by atoms with E-state index in [0.717, 1.165) is 10.6 Å². The predicted octanol–water partition coefficient (Wildman–Crippen LogP) is 1.69. The Balaban J connectivity index is 2.36. The SMILES string of the molecule is CC(C)(CN)CN1C(=O)CSc2ccc(N)cc21. The molecule has 1 aliphatic rings. The molecule has 0 unspecified atom stereocenters. The monoisotopic (exact) mass is 265 g/mol. The highest BCUT2D eigenvalue weighted by atomic mass is 32.2. The lowest BCUT2D eigenvalue weighted by Gasteiger charge is -2.35. The van der Waals surface area contributed by atoms with Gasteiger partial charge in [-0.15, -0.1) is 11.8 Å². The fraction of sp³-hybridized carbons (Fsp3) is 0.462. The van der Waals surface area contributed by atoms with Crippen molar-refractivity contribution < 1.29 is 4.79 Å². The van der Waals surface area contributed by atoms with Crippen molar-refractivity contribution in [1.29, 1.82) is 0 Å². The van der Waals surface area contributed by atoms with E-state index in [1.54, 1.807) is 11.8 Å². The molecule has 1 aromatic carbocycles. The molecular formula is C13H19N3OS. The minimum atomic E-state index is -0.0977. The van der Waals surface area contributed by atoms with E-state index in [0.29, 0.717) is 24.5 Å². The number of hydrogen-bond donors (Lipinski definition) is 2. The average Bonchev–Trinajstić information content (AvgIpc) is 2.33. The van der Waals surface area contributed by atoms with Gasteiger partial charge in [0.2, 0.25) is 5.91 Å². The second-order valence-corrected chi connectivity index (χ2v) is 6.38. The summed E-state index contributed by atoms with van der Waals surface area (Å²) < 4.78 is 0. The van der Waals surface area contributed by atoms with E-state index >= 15 is 0 Å². The maximum absolute atomic E-state index is 12.1. The Bertz CT molecular complexity index is 473. The zero-order chi connectivity index (χ0) is 13.3. The Morgan fingerprint density at radius 3 is 2.83 bits per heavy atom. The molecule has 2 rings (SSSR count). The number of rotatable bonds is 3. The molecule has 0 saturated heterocycles. The van der Waals surface area contributed by atoms with Gasteiger partial charge in [0.25, 0.3) is 0 Å². The molecule has 1 aliphatic heterocycles. The number of nitrogens with two attached hydrogens (primary N) is 2. The summed E-state index contributed by atoms with van der Waals surface area (Å²) in [5.41, 5.74) is 13.1. The largest absolute Gasteiger partial charge is 0.399 e. The average molecular weight is 265 g/mol. The summed E-state index contributed by atoms with van der Waals surface area (Å²) in [6.45, 7) is 5.29. The molecular weight excluding hydrogens is 246 g/mol. The van der Waals surface area contributed by atoms with Crippen molar-refractivity contribution >= 4 is 29.0 Å². The lowest BCUT2D eigenvalue weighted by atomic mass is 9.92. The lowest BCUT2D eigenvalue weighted by molar-refractivity contribution is -0.116. The fourth-order valence-corrected chi connectivity index (χ4v) is 2.80. The molecule has 0 radical (unpaired) electrons. The van der Waals surface area contributed by atoms with Crippen molar-refractivity contribution in [3.63, 3.8) is 0 Å². The number of benzene rings is 1. The van der Waals surface area contributed by atoms with Crippen molar-refractivity contribution in [2.45, 2.75) is 18.7 Å². The first-order chi connectivity index (χ1) is 8.43. The van der Waals surface area contributed by atoms with Crippen LogP contribution in [0, 0.1) is 5.41 Å². The zero-order valence-corrected chi connectivity index (χ0v) is 11.6. The Hall–Kier alpha value is -1.20. The number of anilines is 2. The molecule has 4 N–H and O–H groups in total. The lowest BCUT2D eigenvalue weighted by Crippen LogP contribution is -2.44. The molecule has 1 heterocycles. The van der Waals surface area contributed by atoms with Crippen LogP contribution in [-0.4, -0.2) is 24.7 Å². The third-order valence-electron chi connectivity index (χ3n) is 3.06. The number of hydrogen-bond acceptors (Lipinski definition) is 4. The highest BCUT2D eigenvalue weighted by molar-refractivity contribution is 8.00. The first kappa shape index (κ1) is 13.2. The summed E-state index contributed by atoms with van der Waals surface area (Å²) in [7, 11) is 0. The summed E-state index contributed by atoms with van der Waals surface area (Å²) in [5.74, 6) is 0.608. The van der Waals surface area contributed by atoms with E-state index in [9.17, 15) is 4.79 Å². The van der Waals surface area contributed by atoms with Crippen LogP contribution in [0.1, 0.15) is 13.8 Å². The van der Waals surface area contributed by atoms with Crippen molar-refractivity contribution in [2.75, 3.05) is 29.5 Å². The summed E-state index contributed by atoms with van der Waals surface area (Å²) in [5, 5.41) is 0. The molecule has 0 saturated carbocycles. The Morgan fingerprint density at radius 2 is 2.17 bits per heavy atom. The van der Waals surface area contributed by atoms with Crippen LogP contribution in [0.25, 0.3) is 0 Å². The molecule has 0 aliphatic carbocycles. The third-order valence-corrected chi connectivity index (χ3v) is 4.11. The van der Waals surface area contributed by atoms with Gasteiger partial charge in [0.15, 0.2) is 0 Å². The standard InChI is InChI=1S/C13H19N3OS/c1-13(2,7-14)8-16-10-5-9(15)3-4-11(10)18-6-12(16)17/h3-5H,6-8,14-15H2,1-2H3. The van der Waals surface area contributed by atoms with Gasteiger partial charge in [-0.25, -0.2) is 0 Å². The van der Waals surface area contributed by atoms with Crippen molar-refractivity contribution in [1.82, 2.24) is 0 Å². The number of thioether (sulfide) groups is 1. The Labute approximate surface area is 112 Å². The Morgan fingerprint density at radius 1 is 1.44 bits per heavy atom. The third kappa shape index (κ3) is 2.62. The van der Waals surface area contributed by atoms with Crippen LogP contribution in [0.15, 0.2) is 23.1 Å². The molecule has 0 bridgehead atoms. The minimum absolute atomic E-state index is 0.0977. The molecule has 98 valence electrons. The highest BCUT2D eigenvalue weighted by Crippen LogP contribution is 2.37. The maximum atomic E-state index is 12.1. The van der Waals surface area contributed by atoms with Gasteiger partial charge in [0, 0.05) is 17.1 Å². The highest BCUT2D eigenvalue weighted by Gasteiger charge is 2.29. The second kappa shape index (κ2) is 4.82. The predicted molar refractivity (Wildman–Crippen MR) is 76.8 cm³/mol. The molecule has 5 heteroatoms. The zero-order valence-electron chi connectivity index (χ0n) is 10.8. The molecule has 0 atom stereocenters. The van der Waals surface area contributed by atoms with E-state index in [1.165, 1.54) is 0 Å². The molecule has 0 aromatic heterocycles. The van der Waals surface area contributed by atoms with E-state index in [2.05, 4.69) is 13.8 Å². The van der Waals surface area contributed by atoms with Gasteiger partial charge in [-0.3, -0.25) is 4.79 Å². The summed E-state index contributed by atoms with van der Waals surface area (Å²) in [6.07, 6.45) is 0. The number of amides is 1. The molecule has 1 aromatic rings. The smallest absolute Gasteiger partial charge is 0.237 e. The van der Waals surface area contributed by atoms with Crippen LogP contribution in [-0.2, 0) is 4.79 Å². The van der Waals surface area contributed by atoms with Crippen molar-refractivity contribution in [3.05, 3.63) is 18.2 Å². The normalized spacial score (nSPS) is 15.7. The number of fused-ring (bicyclic) bond motifs is 1. The molecule has 1 amide bonds. The van der Waals surface area contributed by atoms with Gasteiger partial charge in [0.1, 0.15) is 0 Å². The number of nitrogen functional groups attached to an aromatic ring is 1. The van der Waals surface area contributed by atoms with E-state index in [4.69, 9.17) is 11.5 Å². The number of carbonyl (C=O) groups excluding carboxylic acids is 1. The van der Waals surface area contributed by atoms with Crippen LogP contribution < -0.4 is 16.4 Å². The Kier molecular flexibility index (Phi) is 3.54. The first-order valence-electron chi connectivity index (χ1n) is 5.96. The molecule has 0 spiro atoms. The van der Waals surface area contributed by atoms with E-state index in [-0.39, 0.29) is 11.3 Å². The number of carbonyl (C=O) groups is 1. The molecule has 0 fully saturated rings. The van der Waals surface area contributed by atoms with Gasteiger partial charge < -0.3 is 16.4 Å². The number of nitrogens with zero attached hydrogens (tertiary/aromatic N) is 1. The topological polar surface area (TPSA) is 72.3 Å². The van der Waals surface area contributed by atoms with Gasteiger partial charge >= 0.3 is 0 Å². The molecule has 18 heavy (non-hydrogen) atoms. The van der Waals surface area contributed by atoms with Crippen LogP contribution in [0.4, 0.5) is 11.4 Å². The van der Waals surface area contributed by atoms with E-state index in [1.807, 2.05) is 23.1 Å². The van der Waals surface area contributed by atoms with Crippen LogP contribution in [0.3, 0.4) is 0 Å². The first-order valence-corrected chi connectivity index (χ1v) is 6.94. The van der Waals surface area contributed by atoms with Crippen LogP contribution in [0.5, 0.6) is 0 Å².